The number of rotatable bonds is 0. The molecule has 2 heterocycles. The number of fused-ring (bicyclic) bond motifs is 3. The summed E-state index contributed by atoms with van der Waals surface area (Å²) in [5.74, 6) is 1.43. The number of nitrogens with zero attached hydrogens (tertiary/aromatic N) is 2. The Labute approximate surface area is 94.0 Å². The summed E-state index contributed by atoms with van der Waals surface area (Å²) in [6, 6.07) is 0. The van der Waals surface area contributed by atoms with Gasteiger partial charge in [0.1, 0.15) is 0 Å². The lowest BCUT2D eigenvalue weighted by molar-refractivity contribution is 0.437. The standard InChI is InChI=1S/C12H16N2S/c1-7-4-8(2)11-10(5-7)14-9(3)6-15-12(14)13-11/h6-8H,4-5H2,1-3H3. The van der Waals surface area contributed by atoms with Crippen molar-refractivity contribution in [3.8, 4) is 0 Å². The minimum Gasteiger partial charge on any atom is -0.292 e. The van der Waals surface area contributed by atoms with E-state index in [1.54, 1.807) is 11.3 Å². The van der Waals surface area contributed by atoms with Crippen LogP contribution in [0.4, 0.5) is 0 Å². The second-order valence-corrected chi connectivity index (χ2v) is 5.72. The molecule has 15 heavy (non-hydrogen) atoms. The van der Waals surface area contributed by atoms with Gasteiger partial charge in [-0.15, -0.1) is 11.3 Å². The van der Waals surface area contributed by atoms with Gasteiger partial charge in [-0.2, -0.15) is 0 Å². The molecular weight excluding hydrogens is 204 g/mol. The molecule has 80 valence electrons. The van der Waals surface area contributed by atoms with Gasteiger partial charge in [-0.05, 0) is 25.7 Å². The van der Waals surface area contributed by atoms with Crippen LogP contribution < -0.4 is 0 Å². The predicted molar refractivity (Wildman–Crippen MR) is 63.7 cm³/mol. The van der Waals surface area contributed by atoms with E-state index in [2.05, 4.69) is 30.6 Å². The van der Waals surface area contributed by atoms with Gasteiger partial charge in [-0.1, -0.05) is 13.8 Å². The van der Waals surface area contributed by atoms with Crippen molar-refractivity contribution in [3.05, 3.63) is 22.5 Å². The molecule has 2 aromatic rings. The molecule has 3 heteroatoms. The normalized spacial score (nSPS) is 25.8. The highest BCUT2D eigenvalue weighted by Crippen LogP contribution is 2.36. The Morgan fingerprint density at radius 3 is 3.07 bits per heavy atom. The van der Waals surface area contributed by atoms with E-state index < -0.39 is 0 Å². The van der Waals surface area contributed by atoms with Crippen molar-refractivity contribution in [2.45, 2.75) is 39.5 Å². The fourth-order valence-electron chi connectivity index (χ4n) is 2.80. The van der Waals surface area contributed by atoms with Crippen LogP contribution in [-0.4, -0.2) is 9.38 Å². The zero-order valence-corrected chi connectivity index (χ0v) is 10.3. The highest BCUT2D eigenvalue weighted by atomic mass is 32.1. The maximum Gasteiger partial charge on any atom is 0.194 e. The molecule has 0 amide bonds. The molecule has 0 fully saturated rings. The summed E-state index contributed by atoms with van der Waals surface area (Å²) in [7, 11) is 0. The molecule has 0 spiro atoms. The number of hydrogen-bond donors (Lipinski definition) is 0. The van der Waals surface area contributed by atoms with E-state index >= 15 is 0 Å². The van der Waals surface area contributed by atoms with Crippen molar-refractivity contribution in [1.29, 1.82) is 0 Å². The second kappa shape index (κ2) is 3.08. The molecule has 0 bridgehead atoms. The molecule has 0 N–H and O–H groups in total. The molecule has 1 aliphatic carbocycles. The van der Waals surface area contributed by atoms with E-state index in [-0.39, 0.29) is 0 Å². The Bertz CT molecular complexity index is 509. The summed E-state index contributed by atoms with van der Waals surface area (Å²) in [6.45, 7) is 6.83. The van der Waals surface area contributed by atoms with Crippen molar-refractivity contribution in [2.75, 3.05) is 0 Å². The minimum absolute atomic E-state index is 0.634. The maximum absolute atomic E-state index is 4.77. The third-order valence-electron chi connectivity index (χ3n) is 3.43. The van der Waals surface area contributed by atoms with E-state index in [1.807, 2.05) is 0 Å². The monoisotopic (exact) mass is 220 g/mol. The van der Waals surface area contributed by atoms with Gasteiger partial charge in [0.25, 0.3) is 0 Å². The minimum atomic E-state index is 0.634. The third-order valence-corrected chi connectivity index (χ3v) is 4.37. The quantitative estimate of drug-likeness (QED) is 0.665. The van der Waals surface area contributed by atoms with E-state index in [9.17, 15) is 0 Å². The lowest BCUT2D eigenvalue weighted by atomic mass is 9.84. The molecule has 0 saturated heterocycles. The molecule has 2 unspecified atom stereocenters. The predicted octanol–water partition coefficient (Wildman–Crippen LogP) is 3.39. The van der Waals surface area contributed by atoms with Crippen LogP contribution in [-0.2, 0) is 6.42 Å². The van der Waals surface area contributed by atoms with Crippen molar-refractivity contribution >= 4 is 16.3 Å². The summed E-state index contributed by atoms with van der Waals surface area (Å²) < 4.78 is 2.35. The SMILES string of the molecule is Cc1csc2nc3c(n12)CC(C)CC3C. The first-order valence-electron chi connectivity index (χ1n) is 5.62. The van der Waals surface area contributed by atoms with Gasteiger partial charge in [-0.25, -0.2) is 4.98 Å². The highest BCUT2D eigenvalue weighted by Gasteiger charge is 2.27. The summed E-state index contributed by atoms with van der Waals surface area (Å²) in [4.78, 5) is 5.95. The average Bonchev–Trinajstić information content (AvgIpc) is 2.68. The molecule has 0 saturated carbocycles. The Morgan fingerprint density at radius 1 is 1.47 bits per heavy atom. The molecule has 0 aliphatic heterocycles. The number of aromatic nitrogens is 2. The van der Waals surface area contributed by atoms with E-state index in [0.29, 0.717) is 5.92 Å². The van der Waals surface area contributed by atoms with Crippen molar-refractivity contribution in [3.63, 3.8) is 0 Å². The lowest BCUT2D eigenvalue weighted by Gasteiger charge is -2.23. The van der Waals surface area contributed by atoms with Crippen LogP contribution in [0.2, 0.25) is 0 Å². The van der Waals surface area contributed by atoms with Crippen LogP contribution in [0.5, 0.6) is 0 Å². The summed E-state index contributed by atoms with van der Waals surface area (Å²) in [6.07, 6.45) is 2.48. The molecule has 1 aliphatic rings. The summed E-state index contributed by atoms with van der Waals surface area (Å²) >= 11 is 1.76. The van der Waals surface area contributed by atoms with Crippen molar-refractivity contribution < 1.29 is 0 Å². The van der Waals surface area contributed by atoms with Gasteiger partial charge in [0, 0.05) is 22.7 Å². The first-order valence-corrected chi connectivity index (χ1v) is 6.50. The average molecular weight is 220 g/mol. The maximum atomic E-state index is 4.77. The molecule has 2 nitrogen and oxygen atoms in total. The van der Waals surface area contributed by atoms with Crippen LogP contribution >= 0.6 is 11.3 Å². The molecule has 2 aromatic heterocycles. The fourth-order valence-corrected chi connectivity index (χ4v) is 3.69. The van der Waals surface area contributed by atoms with Crippen molar-refractivity contribution in [1.82, 2.24) is 9.38 Å². The summed E-state index contributed by atoms with van der Waals surface area (Å²) in [5, 5.41) is 2.20. The Balaban J connectivity index is 2.28. The largest absolute Gasteiger partial charge is 0.292 e. The van der Waals surface area contributed by atoms with Crippen LogP contribution in [0.25, 0.3) is 4.96 Å². The fraction of sp³-hybridized carbons (Fsp3) is 0.583. The third kappa shape index (κ3) is 1.26. The van der Waals surface area contributed by atoms with Crippen LogP contribution in [0.1, 0.15) is 43.3 Å². The van der Waals surface area contributed by atoms with Gasteiger partial charge in [0.2, 0.25) is 0 Å². The van der Waals surface area contributed by atoms with Crippen LogP contribution in [0, 0.1) is 12.8 Å². The smallest absolute Gasteiger partial charge is 0.194 e. The molecule has 0 aromatic carbocycles. The summed E-state index contributed by atoms with van der Waals surface area (Å²) in [5.41, 5.74) is 4.16. The molecule has 2 atom stereocenters. The van der Waals surface area contributed by atoms with Gasteiger partial charge in [0.15, 0.2) is 4.96 Å². The number of aryl methyl sites for hydroxylation is 1. The Hall–Kier alpha value is -0.830. The number of hydrogen-bond acceptors (Lipinski definition) is 2. The first kappa shape index (κ1) is 9.40. The molecule has 3 rings (SSSR count). The van der Waals surface area contributed by atoms with Gasteiger partial charge in [-0.3, -0.25) is 4.40 Å². The zero-order chi connectivity index (χ0) is 10.6. The van der Waals surface area contributed by atoms with Crippen molar-refractivity contribution in [2.24, 2.45) is 5.92 Å². The lowest BCUT2D eigenvalue weighted by Crippen LogP contribution is -2.15. The van der Waals surface area contributed by atoms with Gasteiger partial charge < -0.3 is 0 Å². The Morgan fingerprint density at radius 2 is 2.27 bits per heavy atom. The van der Waals surface area contributed by atoms with Crippen LogP contribution in [0.15, 0.2) is 5.38 Å². The van der Waals surface area contributed by atoms with E-state index in [1.165, 1.54) is 34.9 Å². The second-order valence-electron chi connectivity index (χ2n) is 4.88. The number of imidazole rings is 1. The first-order chi connectivity index (χ1) is 7.16. The van der Waals surface area contributed by atoms with Gasteiger partial charge >= 0.3 is 0 Å². The van der Waals surface area contributed by atoms with Crippen LogP contribution in [0.3, 0.4) is 0 Å². The number of thiazole rings is 1. The molecule has 0 radical (unpaired) electrons. The van der Waals surface area contributed by atoms with E-state index in [0.717, 1.165) is 5.92 Å². The molecular formula is C12H16N2S. The van der Waals surface area contributed by atoms with E-state index in [4.69, 9.17) is 4.98 Å². The topological polar surface area (TPSA) is 17.3 Å². The van der Waals surface area contributed by atoms with Gasteiger partial charge in [0.05, 0.1) is 5.69 Å². The zero-order valence-electron chi connectivity index (χ0n) is 9.45. The highest BCUT2D eigenvalue weighted by molar-refractivity contribution is 7.15. The Kier molecular flexibility index (Phi) is 1.93.